The second kappa shape index (κ2) is 3.55. The fourth-order valence-electron chi connectivity index (χ4n) is 1.84. The molecule has 3 atom stereocenters. The van der Waals surface area contributed by atoms with Gasteiger partial charge in [0.1, 0.15) is 0 Å². The van der Waals surface area contributed by atoms with E-state index in [0.29, 0.717) is 12.1 Å². The van der Waals surface area contributed by atoms with Crippen molar-refractivity contribution in [3.63, 3.8) is 0 Å². The van der Waals surface area contributed by atoms with Crippen molar-refractivity contribution in [1.82, 2.24) is 4.90 Å². The molecule has 1 N–H and O–H groups in total. The molecule has 1 aliphatic heterocycles. The van der Waals surface area contributed by atoms with Crippen LogP contribution in [0.4, 0.5) is 0 Å². The van der Waals surface area contributed by atoms with Crippen LogP contribution in [0, 0.1) is 0 Å². The lowest BCUT2D eigenvalue weighted by molar-refractivity contribution is 0.0671. The minimum Gasteiger partial charge on any atom is -0.392 e. The summed E-state index contributed by atoms with van der Waals surface area (Å²) in [5, 5.41) is 9.36. The molecule has 0 amide bonds. The van der Waals surface area contributed by atoms with Gasteiger partial charge in [-0.1, -0.05) is 0 Å². The van der Waals surface area contributed by atoms with E-state index in [0.717, 1.165) is 6.54 Å². The zero-order chi connectivity index (χ0) is 8.43. The quantitative estimate of drug-likeness (QED) is 0.652. The zero-order valence-corrected chi connectivity index (χ0v) is 7.75. The van der Waals surface area contributed by atoms with Gasteiger partial charge in [-0.3, -0.25) is 4.90 Å². The zero-order valence-electron chi connectivity index (χ0n) is 7.75. The fourth-order valence-corrected chi connectivity index (χ4v) is 1.84. The number of hydrogen-bond donors (Lipinski definition) is 1. The molecule has 1 saturated heterocycles. The summed E-state index contributed by atoms with van der Waals surface area (Å²) in [4.78, 5) is 2.39. The van der Waals surface area contributed by atoms with Gasteiger partial charge in [-0.2, -0.15) is 0 Å². The van der Waals surface area contributed by atoms with Gasteiger partial charge in [0.25, 0.3) is 0 Å². The third-order valence-corrected chi connectivity index (χ3v) is 2.83. The topological polar surface area (TPSA) is 23.5 Å². The van der Waals surface area contributed by atoms with Crippen molar-refractivity contribution >= 4 is 0 Å². The van der Waals surface area contributed by atoms with Gasteiger partial charge in [-0.05, 0) is 40.2 Å². The lowest BCUT2D eigenvalue weighted by Crippen LogP contribution is -2.41. The van der Waals surface area contributed by atoms with Crippen LogP contribution in [0.2, 0.25) is 0 Å². The van der Waals surface area contributed by atoms with Crippen LogP contribution < -0.4 is 0 Å². The third kappa shape index (κ3) is 1.94. The van der Waals surface area contributed by atoms with Gasteiger partial charge < -0.3 is 5.11 Å². The Morgan fingerprint density at radius 3 is 2.45 bits per heavy atom. The van der Waals surface area contributed by atoms with Crippen LogP contribution in [0.15, 0.2) is 0 Å². The van der Waals surface area contributed by atoms with Crippen LogP contribution in [0.5, 0.6) is 0 Å². The van der Waals surface area contributed by atoms with E-state index in [9.17, 15) is 5.11 Å². The summed E-state index contributed by atoms with van der Waals surface area (Å²) in [5.41, 5.74) is 0. The first kappa shape index (κ1) is 9.01. The molecule has 0 aromatic heterocycles. The molecule has 0 aliphatic carbocycles. The van der Waals surface area contributed by atoms with Crippen molar-refractivity contribution in [2.24, 2.45) is 0 Å². The summed E-state index contributed by atoms with van der Waals surface area (Å²) in [6, 6.07) is 0.993. The molecular weight excluding hydrogens is 138 g/mol. The first-order valence-corrected chi connectivity index (χ1v) is 4.56. The van der Waals surface area contributed by atoms with Gasteiger partial charge >= 0.3 is 0 Å². The molecule has 0 spiro atoms. The van der Waals surface area contributed by atoms with Crippen molar-refractivity contribution in [3.05, 3.63) is 0 Å². The Hall–Kier alpha value is -0.0800. The number of nitrogens with zero attached hydrogens (tertiary/aromatic N) is 1. The first-order valence-electron chi connectivity index (χ1n) is 4.56. The van der Waals surface area contributed by atoms with Crippen LogP contribution >= 0.6 is 0 Å². The number of aliphatic hydroxyl groups excluding tert-OH is 1. The third-order valence-electron chi connectivity index (χ3n) is 2.83. The Balaban J connectivity index is 2.45. The highest BCUT2D eigenvalue weighted by molar-refractivity contribution is 4.82. The molecule has 1 aliphatic rings. The van der Waals surface area contributed by atoms with Crippen molar-refractivity contribution in [3.8, 4) is 0 Å². The molecule has 1 heterocycles. The van der Waals surface area contributed by atoms with Crippen molar-refractivity contribution < 1.29 is 5.11 Å². The lowest BCUT2D eigenvalue weighted by atomic mass is 10.1. The minimum absolute atomic E-state index is 0.199. The van der Waals surface area contributed by atoms with E-state index in [4.69, 9.17) is 0 Å². The Labute approximate surface area is 69.2 Å². The van der Waals surface area contributed by atoms with Crippen LogP contribution in [-0.2, 0) is 0 Å². The number of aliphatic hydroxyl groups is 1. The molecule has 2 nitrogen and oxygen atoms in total. The minimum atomic E-state index is -0.199. The Bertz CT molecular complexity index is 125. The Kier molecular flexibility index (Phi) is 2.90. The first-order chi connectivity index (χ1) is 5.13. The van der Waals surface area contributed by atoms with Gasteiger partial charge in [-0.25, -0.2) is 0 Å². The molecule has 0 radical (unpaired) electrons. The monoisotopic (exact) mass is 157 g/mol. The SMILES string of the molecule is CC(O)C(C)N1CCCC1C. The van der Waals surface area contributed by atoms with Crippen molar-refractivity contribution in [2.75, 3.05) is 6.54 Å². The molecule has 1 fully saturated rings. The predicted octanol–water partition coefficient (Wildman–Crippen LogP) is 1.24. The summed E-state index contributed by atoms with van der Waals surface area (Å²) >= 11 is 0. The largest absolute Gasteiger partial charge is 0.392 e. The van der Waals surface area contributed by atoms with E-state index in [1.165, 1.54) is 12.8 Å². The van der Waals surface area contributed by atoms with Crippen LogP contribution in [0.3, 0.4) is 0 Å². The van der Waals surface area contributed by atoms with E-state index >= 15 is 0 Å². The molecule has 0 aromatic rings. The number of likely N-dealkylation sites (tertiary alicyclic amines) is 1. The highest BCUT2D eigenvalue weighted by Crippen LogP contribution is 2.20. The molecule has 66 valence electrons. The smallest absolute Gasteiger partial charge is 0.0664 e. The molecule has 2 heteroatoms. The van der Waals surface area contributed by atoms with E-state index in [1.54, 1.807) is 0 Å². The summed E-state index contributed by atoms with van der Waals surface area (Å²) in [6.45, 7) is 7.38. The molecule has 0 aromatic carbocycles. The van der Waals surface area contributed by atoms with Gasteiger partial charge in [0.2, 0.25) is 0 Å². The van der Waals surface area contributed by atoms with Gasteiger partial charge in [0, 0.05) is 12.1 Å². The Morgan fingerprint density at radius 1 is 1.45 bits per heavy atom. The van der Waals surface area contributed by atoms with Crippen LogP contribution in [0.1, 0.15) is 33.6 Å². The molecular formula is C9H19NO. The second-order valence-corrected chi connectivity index (χ2v) is 3.71. The normalized spacial score (nSPS) is 32.2. The summed E-state index contributed by atoms with van der Waals surface area (Å²) in [6.07, 6.45) is 2.38. The highest BCUT2D eigenvalue weighted by Gasteiger charge is 2.26. The summed E-state index contributed by atoms with van der Waals surface area (Å²) in [5.74, 6) is 0. The lowest BCUT2D eigenvalue weighted by Gasteiger charge is -2.30. The van der Waals surface area contributed by atoms with E-state index < -0.39 is 0 Å². The average molecular weight is 157 g/mol. The molecule has 3 unspecified atom stereocenters. The fraction of sp³-hybridized carbons (Fsp3) is 1.00. The Morgan fingerprint density at radius 2 is 2.09 bits per heavy atom. The van der Waals surface area contributed by atoms with Gasteiger partial charge in [0.15, 0.2) is 0 Å². The number of rotatable bonds is 2. The van der Waals surface area contributed by atoms with Crippen molar-refractivity contribution in [1.29, 1.82) is 0 Å². The van der Waals surface area contributed by atoms with E-state index in [-0.39, 0.29) is 6.10 Å². The van der Waals surface area contributed by atoms with E-state index in [1.807, 2.05) is 6.92 Å². The van der Waals surface area contributed by atoms with Crippen LogP contribution in [-0.4, -0.2) is 34.7 Å². The second-order valence-electron chi connectivity index (χ2n) is 3.71. The highest BCUT2D eigenvalue weighted by atomic mass is 16.3. The maximum Gasteiger partial charge on any atom is 0.0664 e. The molecule has 0 bridgehead atoms. The average Bonchev–Trinajstić information content (AvgIpc) is 2.33. The molecule has 1 rings (SSSR count). The molecule has 11 heavy (non-hydrogen) atoms. The number of hydrogen-bond acceptors (Lipinski definition) is 2. The molecule has 0 saturated carbocycles. The predicted molar refractivity (Wildman–Crippen MR) is 46.5 cm³/mol. The van der Waals surface area contributed by atoms with E-state index in [2.05, 4.69) is 18.7 Å². The standard InChI is InChI=1S/C9H19NO/c1-7-5-4-6-10(7)8(2)9(3)11/h7-9,11H,4-6H2,1-3H3. The maximum absolute atomic E-state index is 9.36. The van der Waals surface area contributed by atoms with Gasteiger partial charge in [-0.15, -0.1) is 0 Å². The summed E-state index contributed by atoms with van der Waals surface area (Å²) in [7, 11) is 0. The van der Waals surface area contributed by atoms with Crippen molar-refractivity contribution in [2.45, 2.75) is 51.8 Å². The van der Waals surface area contributed by atoms with Gasteiger partial charge in [0.05, 0.1) is 6.10 Å². The summed E-state index contributed by atoms with van der Waals surface area (Å²) < 4.78 is 0. The maximum atomic E-state index is 9.36. The van der Waals surface area contributed by atoms with Crippen LogP contribution in [0.25, 0.3) is 0 Å².